The highest BCUT2D eigenvalue weighted by molar-refractivity contribution is 6.43. The van der Waals surface area contributed by atoms with Gasteiger partial charge in [0.2, 0.25) is 0 Å². The predicted octanol–water partition coefficient (Wildman–Crippen LogP) is 6.14. The van der Waals surface area contributed by atoms with E-state index in [1.807, 2.05) is 93.6 Å². The summed E-state index contributed by atoms with van der Waals surface area (Å²) < 4.78 is 7.70. The number of carbonyl (C=O) groups excluding carboxylic acids is 2. The molecule has 0 spiro atoms. The van der Waals surface area contributed by atoms with Gasteiger partial charge >= 0.3 is 0 Å². The maximum atomic E-state index is 13.8. The van der Waals surface area contributed by atoms with E-state index >= 15 is 0 Å². The van der Waals surface area contributed by atoms with Gasteiger partial charge in [-0.2, -0.15) is 0 Å². The molecule has 5 heteroatoms. The van der Waals surface area contributed by atoms with E-state index in [0.29, 0.717) is 22.4 Å². The van der Waals surface area contributed by atoms with Crippen LogP contribution in [-0.4, -0.2) is 23.5 Å². The maximum Gasteiger partial charge on any atom is 0.265 e. The van der Waals surface area contributed by atoms with Gasteiger partial charge in [0.25, 0.3) is 11.8 Å². The molecule has 0 atom stereocenters. The molecule has 1 aliphatic rings. The minimum Gasteiger partial charge on any atom is -0.495 e. The first-order chi connectivity index (χ1) is 16.9. The minimum atomic E-state index is -0.334. The third-order valence-corrected chi connectivity index (χ3v) is 6.47. The molecule has 5 rings (SSSR count). The average molecular weight is 463 g/mol. The molecule has 4 aromatic rings. The van der Waals surface area contributed by atoms with Crippen molar-refractivity contribution in [2.75, 3.05) is 12.0 Å². The van der Waals surface area contributed by atoms with Crippen molar-refractivity contribution in [1.29, 1.82) is 0 Å². The summed E-state index contributed by atoms with van der Waals surface area (Å²) in [7, 11) is 1.66. The number of methoxy groups -OCH3 is 1. The van der Waals surface area contributed by atoms with Gasteiger partial charge in [-0.3, -0.25) is 9.59 Å². The highest BCUT2D eigenvalue weighted by atomic mass is 16.5. The fourth-order valence-corrected chi connectivity index (χ4v) is 4.70. The monoisotopic (exact) mass is 462 g/mol. The normalized spacial score (nSPS) is 14.4. The first-order valence-electron chi connectivity index (χ1n) is 11.5. The zero-order valence-corrected chi connectivity index (χ0v) is 20.2. The summed E-state index contributed by atoms with van der Waals surface area (Å²) in [4.78, 5) is 28.4. The van der Waals surface area contributed by atoms with Crippen molar-refractivity contribution >= 4 is 29.2 Å². The van der Waals surface area contributed by atoms with E-state index in [0.717, 1.165) is 34.0 Å². The van der Waals surface area contributed by atoms with Crippen LogP contribution < -0.4 is 9.64 Å². The summed E-state index contributed by atoms with van der Waals surface area (Å²) >= 11 is 0. The smallest absolute Gasteiger partial charge is 0.265 e. The van der Waals surface area contributed by atoms with Crippen LogP contribution in [0.1, 0.15) is 38.4 Å². The predicted molar refractivity (Wildman–Crippen MR) is 139 cm³/mol. The van der Waals surface area contributed by atoms with Crippen LogP contribution in [0.25, 0.3) is 17.3 Å². The average Bonchev–Trinajstić information content (AvgIpc) is 3.15. The van der Waals surface area contributed by atoms with Crippen LogP contribution in [-0.2, 0) is 4.79 Å². The molecule has 0 saturated heterocycles. The van der Waals surface area contributed by atoms with Crippen molar-refractivity contribution < 1.29 is 14.3 Å². The molecule has 0 aliphatic carbocycles. The highest BCUT2D eigenvalue weighted by Gasteiger charge is 2.36. The summed E-state index contributed by atoms with van der Waals surface area (Å²) in [5.41, 5.74) is 7.10. The summed E-state index contributed by atoms with van der Waals surface area (Å²) in [6, 6.07) is 24.6. The number of benzene rings is 3. The van der Waals surface area contributed by atoms with Gasteiger partial charge in [0, 0.05) is 22.5 Å². The molecular formula is C30H26N2O3. The molecular weight excluding hydrogens is 436 g/mol. The number of fused-ring (bicyclic) bond motifs is 1. The molecule has 2 heterocycles. The Morgan fingerprint density at radius 1 is 0.771 bits per heavy atom. The molecule has 1 aliphatic heterocycles. The van der Waals surface area contributed by atoms with Crippen LogP contribution in [0.4, 0.5) is 5.69 Å². The number of para-hydroxylation sites is 2. The minimum absolute atomic E-state index is 0.314. The third-order valence-electron chi connectivity index (χ3n) is 6.47. The van der Waals surface area contributed by atoms with E-state index in [2.05, 4.69) is 10.6 Å². The van der Waals surface area contributed by atoms with Crippen LogP contribution in [0.3, 0.4) is 0 Å². The van der Waals surface area contributed by atoms with Gasteiger partial charge in [-0.05, 0) is 74.4 Å². The topological polar surface area (TPSA) is 51.5 Å². The lowest BCUT2D eigenvalue weighted by molar-refractivity contribution is -0.112. The first kappa shape index (κ1) is 22.4. The molecule has 2 amide bonds. The van der Waals surface area contributed by atoms with Crippen molar-refractivity contribution in [2.45, 2.75) is 20.8 Å². The lowest BCUT2D eigenvalue weighted by Gasteiger charge is -2.28. The Hall–Kier alpha value is -4.38. The van der Waals surface area contributed by atoms with Crippen LogP contribution in [0.5, 0.6) is 5.75 Å². The maximum absolute atomic E-state index is 13.8. The van der Waals surface area contributed by atoms with E-state index in [1.54, 1.807) is 13.2 Å². The fourth-order valence-electron chi connectivity index (χ4n) is 4.70. The summed E-state index contributed by atoms with van der Waals surface area (Å²) in [5, 5.41) is 0. The van der Waals surface area contributed by atoms with Crippen LogP contribution in [0.2, 0.25) is 0 Å². The van der Waals surface area contributed by atoms with Gasteiger partial charge in [0.05, 0.1) is 18.5 Å². The van der Waals surface area contributed by atoms with Crippen molar-refractivity contribution in [3.8, 4) is 11.4 Å². The lowest BCUT2D eigenvalue weighted by atomic mass is 9.91. The van der Waals surface area contributed by atoms with E-state index < -0.39 is 0 Å². The lowest BCUT2D eigenvalue weighted by Crippen LogP contribution is -2.41. The number of hydrogen-bond acceptors (Lipinski definition) is 3. The number of hydrogen-bond donors (Lipinski definition) is 0. The molecule has 1 aromatic heterocycles. The van der Waals surface area contributed by atoms with E-state index in [4.69, 9.17) is 4.74 Å². The molecule has 174 valence electrons. The molecule has 35 heavy (non-hydrogen) atoms. The van der Waals surface area contributed by atoms with E-state index in [-0.39, 0.29) is 11.8 Å². The molecule has 0 saturated carbocycles. The zero-order chi connectivity index (χ0) is 24.7. The van der Waals surface area contributed by atoms with Gasteiger partial charge in [0.1, 0.15) is 5.75 Å². The Labute approximate surface area is 204 Å². The van der Waals surface area contributed by atoms with Gasteiger partial charge < -0.3 is 9.30 Å². The molecule has 5 nitrogen and oxygen atoms in total. The number of rotatable bonds is 4. The Bertz CT molecular complexity index is 1490. The number of nitrogens with zero attached hydrogens (tertiary/aromatic N) is 2. The van der Waals surface area contributed by atoms with Gasteiger partial charge in [0.15, 0.2) is 0 Å². The number of aryl methyl sites for hydroxylation is 2. The number of imide groups is 1. The number of aromatic nitrogens is 1. The number of carbonyl (C=O) groups is 2. The number of amides is 2. The van der Waals surface area contributed by atoms with Crippen molar-refractivity contribution in [3.63, 3.8) is 0 Å². The molecule has 0 radical (unpaired) electrons. The first-order valence-corrected chi connectivity index (χ1v) is 11.5. The quantitative estimate of drug-likeness (QED) is 0.270. The van der Waals surface area contributed by atoms with Gasteiger partial charge in [-0.15, -0.1) is 0 Å². The third kappa shape index (κ3) is 3.75. The van der Waals surface area contributed by atoms with Crippen LogP contribution >= 0.6 is 0 Å². The summed E-state index contributed by atoms with van der Waals surface area (Å²) in [5.74, 6) is 0.120. The molecule has 0 bridgehead atoms. The van der Waals surface area contributed by atoms with Gasteiger partial charge in [-0.1, -0.05) is 48.0 Å². The Balaban J connectivity index is 1.68. The Kier molecular flexibility index (Phi) is 5.61. The number of ether oxygens (including phenoxy) is 1. The Morgan fingerprint density at radius 2 is 1.43 bits per heavy atom. The Morgan fingerprint density at radius 3 is 2.14 bits per heavy atom. The SMILES string of the molecule is COc1ccccc1-n1c(C)cc(C=C2C(=O)N(c3ccc(C)cc3)C(=O)c3ccccc32)c1C. The molecule has 0 N–H and O–H groups in total. The largest absolute Gasteiger partial charge is 0.495 e. The van der Waals surface area contributed by atoms with Crippen molar-refractivity contribution in [1.82, 2.24) is 4.57 Å². The second-order valence-corrected chi connectivity index (χ2v) is 8.72. The van der Waals surface area contributed by atoms with Gasteiger partial charge in [-0.25, -0.2) is 4.90 Å². The second-order valence-electron chi connectivity index (χ2n) is 8.72. The van der Waals surface area contributed by atoms with Crippen LogP contribution in [0.15, 0.2) is 78.9 Å². The number of anilines is 1. The standard InChI is InChI=1S/C30H26N2O3/c1-19-13-15-23(16-14-19)32-29(33)25-10-6-5-9-24(25)26(30(32)34)18-22-17-20(2)31(21(22)3)27-11-7-8-12-28(27)35-4/h5-18H,1-4H3. The van der Waals surface area contributed by atoms with Crippen LogP contribution in [0, 0.1) is 20.8 Å². The van der Waals surface area contributed by atoms with Crippen molar-refractivity contribution in [2.24, 2.45) is 0 Å². The zero-order valence-electron chi connectivity index (χ0n) is 20.2. The van der Waals surface area contributed by atoms with E-state index in [1.165, 1.54) is 4.90 Å². The fraction of sp³-hybridized carbons (Fsp3) is 0.133. The second kappa shape index (κ2) is 8.76. The molecule has 0 fully saturated rings. The molecule has 3 aromatic carbocycles. The summed E-state index contributed by atoms with van der Waals surface area (Å²) in [6.45, 7) is 6.02. The summed E-state index contributed by atoms with van der Waals surface area (Å²) in [6.07, 6.45) is 1.89. The highest BCUT2D eigenvalue weighted by Crippen LogP contribution is 2.35. The van der Waals surface area contributed by atoms with Crippen molar-refractivity contribution in [3.05, 3.63) is 113 Å². The molecule has 0 unspecified atom stereocenters. The van der Waals surface area contributed by atoms with E-state index in [9.17, 15) is 9.59 Å².